The maximum atomic E-state index is 2.88. The third kappa shape index (κ3) is 6.91. The molecule has 0 aromatic heterocycles. The quantitative estimate of drug-likeness (QED) is 0.189. The molecule has 0 radical (unpaired) electrons. The van der Waals surface area contributed by atoms with Crippen molar-refractivity contribution in [2.24, 2.45) is 29.1 Å². The minimum absolute atomic E-state index is 0. The van der Waals surface area contributed by atoms with Gasteiger partial charge < -0.3 is 24.8 Å². The number of hydrogen-bond acceptors (Lipinski definition) is 0. The van der Waals surface area contributed by atoms with Gasteiger partial charge in [-0.25, -0.2) is 0 Å². The molecule has 4 bridgehead atoms. The van der Waals surface area contributed by atoms with Crippen molar-refractivity contribution < 1.29 is 46.1 Å². The van der Waals surface area contributed by atoms with Crippen LogP contribution in [0.4, 0.5) is 0 Å². The zero-order valence-electron chi connectivity index (χ0n) is 33.3. The number of benzene rings is 4. The topological polar surface area (TPSA) is 0 Å². The summed E-state index contributed by atoms with van der Waals surface area (Å²) in [6.45, 7) is 19.6. The van der Waals surface area contributed by atoms with E-state index in [4.69, 9.17) is 0 Å². The summed E-state index contributed by atoms with van der Waals surface area (Å²) in [6.07, 6.45) is 14.2. The van der Waals surface area contributed by atoms with Crippen LogP contribution in [-0.4, -0.2) is 3.71 Å². The molecule has 4 aromatic rings. The van der Waals surface area contributed by atoms with Crippen LogP contribution in [0.3, 0.4) is 0 Å². The van der Waals surface area contributed by atoms with Gasteiger partial charge in [0.25, 0.3) is 0 Å². The van der Waals surface area contributed by atoms with Crippen LogP contribution in [-0.2, 0) is 38.5 Å². The van der Waals surface area contributed by atoms with E-state index in [9.17, 15) is 0 Å². The second-order valence-electron chi connectivity index (χ2n) is 19.8. The van der Waals surface area contributed by atoms with Crippen molar-refractivity contribution in [2.75, 3.05) is 0 Å². The second-order valence-corrected chi connectivity index (χ2v) is 25.1. The Morgan fingerprint density at radius 1 is 0.755 bits per heavy atom. The van der Waals surface area contributed by atoms with Gasteiger partial charge in [-0.3, -0.25) is 0 Å². The van der Waals surface area contributed by atoms with Gasteiger partial charge in [0.2, 0.25) is 0 Å². The van der Waals surface area contributed by atoms with Crippen molar-refractivity contribution in [1.82, 2.24) is 0 Å². The smallest absolute Gasteiger partial charge is 1.00 e. The third-order valence-electron chi connectivity index (χ3n) is 14.0. The molecule has 0 spiro atoms. The van der Waals surface area contributed by atoms with E-state index in [-0.39, 0.29) is 35.6 Å². The van der Waals surface area contributed by atoms with Crippen LogP contribution >= 0.6 is 0 Å². The van der Waals surface area contributed by atoms with E-state index < -0.39 is 21.3 Å². The number of allylic oxidation sites excluding steroid dienone is 4. The van der Waals surface area contributed by atoms with Crippen LogP contribution < -0.4 is 28.1 Å². The summed E-state index contributed by atoms with van der Waals surface area (Å²) in [5, 5.41) is 2.77. The fourth-order valence-electron chi connectivity index (χ4n) is 12.1. The molecule has 0 heterocycles. The first-order chi connectivity index (χ1) is 24.3. The number of rotatable bonds is 5. The van der Waals surface area contributed by atoms with Crippen LogP contribution in [0, 0.1) is 29.1 Å². The van der Waals surface area contributed by atoms with E-state index in [0.29, 0.717) is 11.3 Å². The predicted octanol–water partition coefficient (Wildman–Crippen LogP) is 6.56. The molecule has 1 atom stereocenters. The molecule has 276 valence electrons. The molecule has 0 saturated heterocycles. The second kappa shape index (κ2) is 14.2. The van der Waals surface area contributed by atoms with Crippen LogP contribution in [0.25, 0.3) is 21.9 Å². The molecule has 10 rings (SSSR count). The molecule has 0 amide bonds. The molecule has 0 aliphatic heterocycles. The van der Waals surface area contributed by atoms with Crippen molar-refractivity contribution in [3.63, 3.8) is 0 Å². The SMILES string of the molecule is CC1=[C](/[Zr+2](=[CH]/c2cccc3ccccc23)[c]2c(C(C)(C)C)ccc3c2Cc2cc(C(C)(C)C)ccc2-3)C(C)C=C1CC12CC3CC(CC(C3)C1)C2.[Cl-].[Cl-]. The average molecular weight is 821 g/mol. The number of halogens is 2. The molecule has 0 N–H and O–H groups in total. The standard InChI is InChI=1S/C21H25.C18H25.C11H8.2ClH.Zr/c1-20(2,3)16-7-9-18-14(12-16)11-15-13-17(21(4,5)6)8-10-19(15)18;1-12-3-13(2)17(4-12)11-18-8-14-5-15(9-18)7-16(6-14)10-18;1-9-5-4-7-10-6-2-3-8-11(9)10;;;/h7-10,12H,11H2,1-6H3;4,12,14-16H,5-11H2,1-2H3;1-8H;2*1H;/q;;;;;+2/p-2. The van der Waals surface area contributed by atoms with Crippen LogP contribution in [0.2, 0.25) is 0 Å². The molecular weight excluding hydrogens is 763 g/mol. The first kappa shape index (κ1) is 39.2. The van der Waals surface area contributed by atoms with Crippen molar-refractivity contribution in [2.45, 2.75) is 118 Å². The van der Waals surface area contributed by atoms with Crippen molar-refractivity contribution in [1.29, 1.82) is 0 Å². The minimum atomic E-state index is -2.75. The molecule has 4 saturated carbocycles. The van der Waals surface area contributed by atoms with Gasteiger partial charge in [0.1, 0.15) is 0 Å². The summed E-state index contributed by atoms with van der Waals surface area (Å²) in [5.41, 5.74) is 14.9. The van der Waals surface area contributed by atoms with E-state index in [1.807, 2.05) is 3.28 Å². The molecule has 53 heavy (non-hydrogen) atoms. The molecule has 6 aliphatic carbocycles. The van der Waals surface area contributed by atoms with Crippen LogP contribution in [0.15, 0.2) is 93.3 Å². The Morgan fingerprint density at radius 3 is 2.06 bits per heavy atom. The molecule has 4 aromatic carbocycles. The normalized spacial score (nSPS) is 25.6. The van der Waals surface area contributed by atoms with Gasteiger partial charge in [0, 0.05) is 0 Å². The molecule has 3 heteroatoms. The number of hydrogen-bond donors (Lipinski definition) is 0. The van der Waals surface area contributed by atoms with Gasteiger partial charge in [0.15, 0.2) is 0 Å². The summed E-state index contributed by atoms with van der Waals surface area (Å²) in [6, 6.07) is 28.6. The Hall–Kier alpha value is -2.05. The third-order valence-corrected chi connectivity index (χ3v) is 21.6. The molecule has 1 unspecified atom stereocenters. The fourth-order valence-corrected chi connectivity index (χ4v) is 20.8. The van der Waals surface area contributed by atoms with Crippen molar-refractivity contribution in [3.8, 4) is 11.1 Å². The Balaban J connectivity index is 0.00000218. The largest absolute Gasteiger partial charge is 1.00 e. The van der Waals surface area contributed by atoms with Gasteiger partial charge in [0.05, 0.1) is 0 Å². The Morgan fingerprint density at radius 2 is 1.40 bits per heavy atom. The van der Waals surface area contributed by atoms with E-state index in [1.165, 1.54) is 83.5 Å². The first-order valence-corrected chi connectivity index (χ1v) is 24.1. The van der Waals surface area contributed by atoms with Gasteiger partial charge >= 0.3 is 318 Å². The summed E-state index contributed by atoms with van der Waals surface area (Å²) >= 11 is -2.75. The number of fused-ring (bicyclic) bond motifs is 4. The zero-order chi connectivity index (χ0) is 35.4. The Bertz CT molecular complexity index is 2140. The maximum Gasteiger partial charge on any atom is -1.00 e. The molecule has 0 nitrogen and oxygen atoms in total. The fraction of sp³-hybridized carbons (Fsp3) is 0.460. The van der Waals surface area contributed by atoms with E-state index in [1.54, 1.807) is 25.5 Å². The monoisotopic (exact) mass is 818 g/mol. The van der Waals surface area contributed by atoms with Crippen molar-refractivity contribution >= 4 is 17.8 Å². The van der Waals surface area contributed by atoms with Gasteiger partial charge in [-0.15, -0.1) is 0 Å². The van der Waals surface area contributed by atoms with Gasteiger partial charge in [-0.1, -0.05) is 0 Å². The first-order valence-electron chi connectivity index (χ1n) is 20.2. The summed E-state index contributed by atoms with van der Waals surface area (Å²) in [7, 11) is 0. The Kier molecular flexibility index (Phi) is 10.5. The molecular formula is C50H58Cl2Zr. The summed E-state index contributed by atoms with van der Waals surface area (Å²) in [5.74, 6) is 3.53. The summed E-state index contributed by atoms with van der Waals surface area (Å²) < 4.78 is 6.50. The van der Waals surface area contributed by atoms with Gasteiger partial charge in [-0.05, 0) is 0 Å². The van der Waals surface area contributed by atoms with E-state index in [0.717, 1.165) is 24.2 Å². The Labute approximate surface area is 340 Å². The summed E-state index contributed by atoms with van der Waals surface area (Å²) in [4.78, 5) is 0. The minimum Gasteiger partial charge on any atom is -1.00 e. The van der Waals surface area contributed by atoms with E-state index in [2.05, 4.69) is 138 Å². The predicted molar refractivity (Wildman–Crippen MR) is 216 cm³/mol. The average Bonchev–Trinajstić information content (AvgIpc) is 3.56. The maximum absolute atomic E-state index is 2.88. The molecule has 4 fully saturated rings. The molecule has 6 aliphatic rings. The van der Waals surface area contributed by atoms with Crippen LogP contribution in [0.1, 0.15) is 128 Å². The van der Waals surface area contributed by atoms with Gasteiger partial charge in [-0.2, -0.15) is 0 Å². The van der Waals surface area contributed by atoms with Crippen LogP contribution in [0.5, 0.6) is 0 Å². The zero-order valence-corrected chi connectivity index (χ0v) is 37.3. The van der Waals surface area contributed by atoms with E-state index >= 15 is 0 Å². The van der Waals surface area contributed by atoms with Crippen molar-refractivity contribution in [3.05, 3.63) is 121 Å².